The van der Waals surface area contributed by atoms with Gasteiger partial charge in [0.2, 0.25) is 10.0 Å². The second-order valence-electron chi connectivity index (χ2n) is 6.90. The number of hydrogen-bond donors (Lipinski definition) is 0. The van der Waals surface area contributed by atoms with Crippen molar-refractivity contribution in [3.8, 4) is 0 Å². The Hall–Kier alpha value is -2.25. The van der Waals surface area contributed by atoms with E-state index in [0.717, 1.165) is 48.3 Å². The van der Waals surface area contributed by atoms with E-state index in [1.165, 1.54) is 4.31 Å². The largest absolute Gasteiger partial charge is 0.335 e. The maximum Gasteiger partial charge on any atom is 0.245 e. The molecule has 0 unspecified atom stereocenters. The number of aromatic nitrogens is 3. The Morgan fingerprint density at radius 3 is 2.92 bits per heavy atom. The summed E-state index contributed by atoms with van der Waals surface area (Å²) in [5.41, 5.74) is 2.30. The fourth-order valence-corrected chi connectivity index (χ4v) is 4.78. The normalized spacial score (nSPS) is 14.7. The van der Waals surface area contributed by atoms with Gasteiger partial charge in [-0.25, -0.2) is 13.4 Å². The Morgan fingerprint density at radius 2 is 2.12 bits per heavy atom. The van der Waals surface area contributed by atoms with Crippen molar-refractivity contribution in [1.29, 1.82) is 0 Å². The Labute approximate surface area is 153 Å². The second kappa shape index (κ2) is 6.48. The molecule has 1 aliphatic rings. The SMILES string of the molecule is Cc1cnc2c(S(=O)(=O)N(C)Cc3cn4c(n3)CCCC4)cccc2c1. The van der Waals surface area contributed by atoms with Gasteiger partial charge in [0.25, 0.3) is 0 Å². The highest BCUT2D eigenvalue weighted by atomic mass is 32.2. The molecule has 4 rings (SSSR count). The second-order valence-corrected chi connectivity index (χ2v) is 8.91. The van der Waals surface area contributed by atoms with Crippen LogP contribution in [0.1, 0.15) is 29.9 Å². The third-order valence-corrected chi connectivity index (χ3v) is 6.68. The molecular formula is C19H22N4O2S. The minimum atomic E-state index is -3.66. The summed E-state index contributed by atoms with van der Waals surface area (Å²) in [6.45, 7) is 3.16. The molecular weight excluding hydrogens is 348 g/mol. The Bertz CT molecular complexity index is 1050. The van der Waals surface area contributed by atoms with Crippen molar-refractivity contribution in [3.63, 3.8) is 0 Å². The van der Waals surface area contributed by atoms with Gasteiger partial charge < -0.3 is 4.57 Å². The average molecular weight is 370 g/mol. The predicted octanol–water partition coefficient (Wildman–Crippen LogP) is 2.90. The van der Waals surface area contributed by atoms with E-state index in [4.69, 9.17) is 0 Å². The summed E-state index contributed by atoms with van der Waals surface area (Å²) >= 11 is 0. The lowest BCUT2D eigenvalue weighted by atomic mass is 10.2. The standard InChI is InChI=1S/C19H22N4O2S/c1-14-10-15-6-5-7-17(19(15)20-11-14)26(24,25)22(2)12-16-13-23-9-4-3-8-18(23)21-16/h5-7,10-11,13H,3-4,8-9,12H2,1-2H3. The summed E-state index contributed by atoms with van der Waals surface area (Å²) in [5.74, 6) is 1.05. The van der Waals surface area contributed by atoms with Crippen molar-refractivity contribution in [2.45, 2.75) is 44.2 Å². The van der Waals surface area contributed by atoms with Gasteiger partial charge in [0.05, 0.1) is 17.8 Å². The van der Waals surface area contributed by atoms with Crippen LogP contribution >= 0.6 is 0 Å². The van der Waals surface area contributed by atoms with Crippen molar-refractivity contribution in [2.75, 3.05) is 7.05 Å². The van der Waals surface area contributed by atoms with Crippen LogP contribution in [0, 0.1) is 6.92 Å². The van der Waals surface area contributed by atoms with Crippen LogP contribution in [-0.4, -0.2) is 34.3 Å². The molecule has 0 atom stereocenters. The molecule has 0 amide bonds. The molecule has 2 aromatic heterocycles. The lowest BCUT2D eigenvalue weighted by Crippen LogP contribution is -2.27. The third kappa shape index (κ3) is 3.01. The first-order valence-corrected chi connectivity index (χ1v) is 10.3. The van der Waals surface area contributed by atoms with Gasteiger partial charge in [-0.05, 0) is 37.5 Å². The van der Waals surface area contributed by atoms with Crippen LogP contribution in [0.3, 0.4) is 0 Å². The summed E-state index contributed by atoms with van der Waals surface area (Å²) in [7, 11) is -2.06. The fraction of sp³-hybridized carbons (Fsp3) is 0.368. The van der Waals surface area contributed by atoms with Crippen molar-refractivity contribution in [2.24, 2.45) is 0 Å². The monoisotopic (exact) mass is 370 g/mol. The highest BCUT2D eigenvalue weighted by Gasteiger charge is 2.25. The zero-order chi connectivity index (χ0) is 18.3. The zero-order valence-corrected chi connectivity index (χ0v) is 15.8. The number of hydrogen-bond acceptors (Lipinski definition) is 4. The minimum absolute atomic E-state index is 0.237. The number of fused-ring (bicyclic) bond motifs is 2. The maximum atomic E-state index is 13.1. The summed E-state index contributed by atoms with van der Waals surface area (Å²) in [5, 5.41) is 0.830. The molecule has 0 radical (unpaired) electrons. The van der Waals surface area contributed by atoms with Crippen LogP contribution in [0.2, 0.25) is 0 Å². The van der Waals surface area contributed by atoms with Crippen molar-refractivity contribution in [3.05, 3.63) is 53.7 Å². The number of pyridine rings is 1. The summed E-state index contributed by atoms with van der Waals surface area (Å²) < 4.78 is 29.8. The molecule has 0 N–H and O–H groups in total. The van der Waals surface area contributed by atoms with E-state index < -0.39 is 10.0 Å². The van der Waals surface area contributed by atoms with Crippen molar-refractivity contribution in [1.82, 2.24) is 18.8 Å². The van der Waals surface area contributed by atoms with E-state index in [1.54, 1.807) is 25.4 Å². The van der Waals surface area contributed by atoms with Gasteiger partial charge in [-0.1, -0.05) is 12.1 Å². The topological polar surface area (TPSA) is 68.1 Å². The van der Waals surface area contributed by atoms with Crippen LogP contribution < -0.4 is 0 Å². The lowest BCUT2D eigenvalue weighted by molar-refractivity contribution is 0.463. The van der Waals surface area contributed by atoms with E-state index in [9.17, 15) is 8.42 Å². The van der Waals surface area contributed by atoms with E-state index in [-0.39, 0.29) is 11.4 Å². The number of benzene rings is 1. The Kier molecular flexibility index (Phi) is 4.28. The van der Waals surface area contributed by atoms with E-state index in [2.05, 4.69) is 14.5 Å². The van der Waals surface area contributed by atoms with Gasteiger partial charge in [-0.2, -0.15) is 4.31 Å². The molecule has 0 saturated heterocycles. The first kappa shape index (κ1) is 17.2. The molecule has 1 aliphatic heterocycles. The third-order valence-electron chi connectivity index (χ3n) is 4.84. The number of imidazole rings is 1. The van der Waals surface area contributed by atoms with Crippen molar-refractivity contribution >= 4 is 20.9 Å². The molecule has 1 aromatic carbocycles. The van der Waals surface area contributed by atoms with E-state index in [1.807, 2.05) is 25.3 Å². The molecule has 26 heavy (non-hydrogen) atoms. The van der Waals surface area contributed by atoms with E-state index >= 15 is 0 Å². The summed E-state index contributed by atoms with van der Waals surface area (Å²) in [6.07, 6.45) is 6.93. The number of aryl methyl sites for hydroxylation is 3. The van der Waals surface area contributed by atoms with E-state index in [0.29, 0.717) is 5.52 Å². The minimum Gasteiger partial charge on any atom is -0.335 e. The molecule has 6 nitrogen and oxygen atoms in total. The van der Waals surface area contributed by atoms with Gasteiger partial charge in [-0.15, -0.1) is 0 Å². The molecule has 3 heterocycles. The van der Waals surface area contributed by atoms with Gasteiger partial charge in [0.1, 0.15) is 10.7 Å². The predicted molar refractivity (Wildman–Crippen MR) is 100 cm³/mol. The quantitative estimate of drug-likeness (QED) is 0.708. The first-order valence-electron chi connectivity index (χ1n) is 8.82. The lowest BCUT2D eigenvalue weighted by Gasteiger charge is -2.17. The van der Waals surface area contributed by atoms with Gasteiger partial charge in [-0.3, -0.25) is 4.98 Å². The highest BCUT2D eigenvalue weighted by Crippen LogP contribution is 2.25. The van der Waals surface area contributed by atoms with Crippen LogP contribution in [-0.2, 0) is 29.5 Å². The summed E-state index contributed by atoms with van der Waals surface area (Å²) in [6, 6.07) is 7.22. The smallest absolute Gasteiger partial charge is 0.245 e. The van der Waals surface area contributed by atoms with Gasteiger partial charge >= 0.3 is 0 Å². The molecule has 7 heteroatoms. The summed E-state index contributed by atoms with van der Waals surface area (Å²) in [4.78, 5) is 9.21. The van der Waals surface area contributed by atoms with Crippen LogP contribution in [0.15, 0.2) is 41.6 Å². The van der Waals surface area contributed by atoms with Gasteiger partial charge in [0, 0.05) is 37.8 Å². The molecule has 0 bridgehead atoms. The molecule has 0 fully saturated rings. The number of sulfonamides is 1. The zero-order valence-electron chi connectivity index (χ0n) is 15.0. The highest BCUT2D eigenvalue weighted by molar-refractivity contribution is 7.89. The number of nitrogens with zero attached hydrogens (tertiary/aromatic N) is 4. The molecule has 136 valence electrons. The fourth-order valence-electron chi connectivity index (χ4n) is 3.48. The number of rotatable bonds is 4. The number of para-hydroxylation sites is 1. The molecule has 3 aromatic rings. The Balaban J connectivity index is 1.67. The first-order chi connectivity index (χ1) is 12.4. The molecule has 0 aliphatic carbocycles. The Morgan fingerprint density at radius 1 is 1.27 bits per heavy atom. The van der Waals surface area contributed by atoms with Crippen LogP contribution in [0.5, 0.6) is 0 Å². The molecule has 0 spiro atoms. The van der Waals surface area contributed by atoms with Crippen molar-refractivity contribution < 1.29 is 8.42 Å². The van der Waals surface area contributed by atoms with Crippen LogP contribution in [0.4, 0.5) is 0 Å². The van der Waals surface area contributed by atoms with Gasteiger partial charge in [0.15, 0.2) is 0 Å². The molecule has 0 saturated carbocycles. The van der Waals surface area contributed by atoms with Crippen LogP contribution in [0.25, 0.3) is 10.9 Å². The average Bonchev–Trinajstić information content (AvgIpc) is 3.03. The maximum absolute atomic E-state index is 13.1.